The molecule has 0 saturated carbocycles. The van der Waals surface area contributed by atoms with E-state index in [1.165, 1.54) is 0 Å². The largest absolute Gasteiger partial charge is 0.480 e. The monoisotopic (exact) mass is 333 g/mol. The van der Waals surface area contributed by atoms with Crippen LogP contribution in [0.15, 0.2) is 59.1 Å². The van der Waals surface area contributed by atoms with E-state index in [0.717, 1.165) is 15.6 Å². The lowest BCUT2D eigenvalue weighted by Crippen LogP contribution is -2.38. The first kappa shape index (κ1) is 14.8. The lowest BCUT2D eigenvalue weighted by Gasteiger charge is -2.14. The zero-order chi connectivity index (χ0) is 14.4. The van der Waals surface area contributed by atoms with Crippen molar-refractivity contribution >= 4 is 21.9 Å². The Bertz CT molecular complexity index is 572. The molecule has 0 fully saturated rings. The molecule has 2 N–H and O–H groups in total. The number of rotatable bonds is 6. The molecule has 0 amide bonds. The molecule has 0 spiro atoms. The number of nitrogens with one attached hydrogen (secondary N) is 1. The summed E-state index contributed by atoms with van der Waals surface area (Å²) >= 11 is 3.41. The van der Waals surface area contributed by atoms with Crippen LogP contribution < -0.4 is 5.32 Å². The third-order valence-corrected chi connectivity index (χ3v) is 3.52. The average molecular weight is 334 g/mol. The van der Waals surface area contributed by atoms with Crippen LogP contribution in [0.5, 0.6) is 0 Å². The van der Waals surface area contributed by atoms with Gasteiger partial charge in [-0.3, -0.25) is 4.79 Å². The first-order chi connectivity index (χ1) is 9.65. The van der Waals surface area contributed by atoms with Crippen molar-refractivity contribution in [1.82, 2.24) is 5.32 Å². The van der Waals surface area contributed by atoms with Gasteiger partial charge in [-0.15, -0.1) is 0 Å². The van der Waals surface area contributed by atoms with Crippen molar-refractivity contribution < 1.29 is 9.90 Å². The van der Waals surface area contributed by atoms with Crippen LogP contribution in [0.25, 0.3) is 0 Å². The summed E-state index contributed by atoms with van der Waals surface area (Å²) in [6.45, 7) is 0.531. The van der Waals surface area contributed by atoms with E-state index in [1.54, 1.807) is 0 Å². The molecule has 4 heteroatoms. The van der Waals surface area contributed by atoms with Crippen LogP contribution >= 0.6 is 15.9 Å². The number of benzene rings is 2. The average Bonchev–Trinajstić information content (AvgIpc) is 2.44. The fourth-order valence-electron chi connectivity index (χ4n) is 1.98. The minimum absolute atomic E-state index is 0.476. The number of carboxylic acids is 1. The lowest BCUT2D eigenvalue weighted by molar-refractivity contribution is -0.139. The fraction of sp³-hybridized carbons (Fsp3) is 0.188. The minimum atomic E-state index is -0.830. The Balaban J connectivity index is 1.98. The first-order valence-electron chi connectivity index (χ1n) is 6.40. The van der Waals surface area contributed by atoms with Crippen molar-refractivity contribution in [2.75, 3.05) is 0 Å². The van der Waals surface area contributed by atoms with Gasteiger partial charge in [-0.2, -0.15) is 0 Å². The Labute approximate surface area is 126 Å². The minimum Gasteiger partial charge on any atom is -0.480 e. The van der Waals surface area contributed by atoms with E-state index in [-0.39, 0.29) is 0 Å². The molecule has 104 valence electrons. The highest BCUT2D eigenvalue weighted by Gasteiger charge is 2.17. The van der Waals surface area contributed by atoms with Crippen molar-refractivity contribution in [3.63, 3.8) is 0 Å². The molecule has 0 bridgehead atoms. The SMILES string of the molecule is O=C(O)[C@@H](Cc1ccccc1)NCc1cccc(Br)c1. The summed E-state index contributed by atoms with van der Waals surface area (Å²) in [6.07, 6.45) is 0.476. The number of carboxylic acid groups (broad SMARTS) is 1. The maximum Gasteiger partial charge on any atom is 0.321 e. The molecule has 2 rings (SSSR count). The molecule has 1 atom stereocenters. The summed E-state index contributed by atoms with van der Waals surface area (Å²) in [7, 11) is 0. The Morgan fingerprint density at radius 2 is 1.80 bits per heavy atom. The van der Waals surface area contributed by atoms with Gasteiger partial charge < -0.3 is 10.4 Å². The van der Waals surface area contributed by atoms with E-state index in [9.17, 15) is 9.90 Å². The molecular weight excluding hydrogens is 318 g/mol. The Morgan fingerprint density at radius 3 is 2.45 bits per heavy atom. The molecule has 2 aromatic carbocycles. The lowest BCUT2D eigenvalue weighted by atomic mass is 10.1. The summed E-state index contributed by atoms with van der Waals surface area (Å²) in [6, 6.07) is 16.9. The van der Waals surface area contributed by atoms with E-state index in [4.69, 9.17) is 0 Å². The third kappa shape index (κ3) is 4.47. The van der Waals surface area contributed by atoms with Gasteiger partial charge in [-0.05, 0) is 29.7 Å². The molecule has 0 unspecified atom stereocenters. The zero-order valence-corrected chi connectivity index (χ0v) is 12.5. The van der Waals surface area contributed by atoms with Gasteiger partial charge in [0.25, 0.3) is 0 Å². The maximum atomic E-state index is 11.3. The molecule has 0 radical (unpaired) electrons. The molecular formula is C16H16BrNO2. The maximum absolute atomic E-state index is 11.3. The molecule has 20 heavy (non-hydrogen) atoms. The quantitative estimate of drug-likeness (QED) is 0.853. The normalized spacial score (nSPS) is 12.1. The molecule has 0 aliphatic carbocycles. The highest BCUT2D eigenvalue weighted by atomic mass is 79.9. The second-order valence-corrected chi connectivity index (χ2v) is 5.51. The molecule has 0 heterocycles. The smallest absolute Gasteiger partial charge is 0.321 e. The Hall–Kier alpha value is -1.65. The summed E-state index contributed by atoms with van der Waals surface area (Å²) in [4.78, 5) is 11.3. The molecule has 0 aliphatic rings. The molecule has 3 nitrogen and oxygen atoms in total. The van der Waals surface area contributed by atoms with E-state index >= 15 is 0 Å². The standard InChI is InChI=1S/C16H16BrNO2/c17-14-8-4-7-13(9-14)11-18-15(16(19)20)10-12-5-2-1-3-6-12/h1-9,15,18H,10-11H2,(H,19,20)/t15-/m1/s1. The number of hydrogen-bond acceptors (Lipinski definition) is 2. The summed E-state index contributed by atoms with van der Waals surface area (Å²) < 4.78 is 0.992. The van der Waals surface area contributed by atoms with Gasteiger partial charge >= 0.3 is 5.97 Å². The molecule has 0 saturated heterocycles. The van der Waals surface area contributed by atoms with E-state index in [2.05, 4.69) is 21.2 Å². The van der Waals surface area contributed by atoms with Crippen molar-refractivity contribution in [2.24, 2.45) is 0 Å². The number of aliphatic carboxylic acids is 1. The Morgan fingerprint density at radius 1 is 1.10 bits per heavy atom. The highest BCUT2D eigenvalue weighted by molar-refractivity contribution is 9.10. The van der Waals surface area contributed by atoms with Crippen LogP contribution in [0.2, 0.25) is 0 Å². The van der Waals surface area contributed by atoms with Crippen molar-refractivity contribution in [3.05, 3.63) is 70.2 Å². The molecule has 2 aromatic rings. The van der Waals surface area contributed by atoms with Gasteiger partial charge in [0.2, 0.25) is 0 Å². The van der Waals surface area contributed by atoms with Crippen LogP contribution in [0.3, 0.4) is 0 Å². The van der Waals surface area contributed by atoms with Gasteiger partial charge in [0, 0.05) is 11.0 Å². The highest BCUT2D eigenvalue weighted by Crippen LogP contribution is 2.12. The van der Waals surface area contributed by atoms with Crippen molar-refractivity contribution in [3.8, 4) is 0 Å². The first-order valence-corrected chi connectivity index (χ1v) is 7.19. The van der Waals surface area contributed by atoms with Crippen LogP contribution in [-0.4, -0.2) is 17.1 Å². The van der Waals surface area contributed by atoms with Gasteiger partial charge in [0.1, 0.15) is 6.04 Å². The van der Waals surface area contributed by atoms with E-state index in [1.807, 2.05) is 54.6 Å². The van der Waals surface area contributed by atoms with Crippen molar-refractivity contribution in [2.45, 2.75) is 19.0 Å². The third-order valence-electron chi connectivity index (χ3n) is 3.02. The predicted molar refractivity (Wildman–Crippen MR) is 82.6 cm³/mol. The zero-order valence-electron chi connectivity index (χ0n) is 10.9. The molecule has 0 aliphatic heterocycles. The summed E-state index contributed by atoms with van der Waals surface area (Å²) in [5.41, 5.74) is 2.07. The second kappa shape index (κ2) is 7.22. The second-order valence-electron chi connectivity index (χ2n) is 4.59. The van der Waals surface area contributed by atoms with Crippen LogP contribution in [0.4, 0.5) is 0 Å². The predicted octanol–water partition coefficient (Wildman–Crippen LogP) is 3.23. The van der Waals surface area contributed by atoms with Crippen molar-refractivity contribution in [1.29, 1.82) is 0 Å². The van der Waals surface area contributed by atoms with Gasteiger partial charge in [-0.1, -0.05) is 58.4 Å². The molecule has 0 aromatic heterocycles. The number of carbonyl (C=O) groups is 1. The van der Waals surface area contributed by atoms with E-state index < -0.39 is 12.0 Å². The van der Waals surface area contributed by atoms with Gasteiger partial charge in [0.15, 0.2) is 0 Å². The van der Waals surface area contributed by atoms with Crippen LogP contribution in [0.1, 0.15) is 11.1 Å². The fourth-order valence-corrected chi connectivity index (χ4v) is 2.43. The van der Waals surface area contributed by atoms with Crippen LogP contribution in [-0.2, 0) is 17.8 Å². The summed E-state index contributed by atoms with van der Waals surface area (Å²) in [5.74, 6) is -0.830. The number of hydrogen-bond donors (Lipinski definition) is 2. The van der Waals surface area contributed by atoms with Crippen LogP contribution in [0, 0.1) is 0 Å². The topological polar surface area (TPSA) is 49.3 Å². The number of halogens is 1. The Kier molecular flexibility index (Phi) is 5.32. The van der Waals surface area contributed by atoms with Gasteiger partial charge in [-0.25, -0.2) is 0 Å². The van der Waals surface area contributed by atoms with E-state index in [0.29, 0.717) is 13.0 Å². The van der Waals surface area contributed by atoms with Gasteiger partial charge in [0.05, 0.1) is 0 Å². The summed E-state index contributed by atoms with van der Waals surface area (Å²) in [5, 5.41) is 12.4.